The number of sulfonamides is 1. The molecule has 0 spiro atoms. The highest BCUT2D eigenvalue weighted by atomic mass is 32.2. The predicted octanol–water partition coefficient (Wildman–Crippen LogP) is 1.70. The maximum absolute atomic E-state index is 11.6. The van der Waals surface area contributed by atoms with Gasteiger partial charge in [-0.15, -0.1) is 4.91 Å². The molecule has 0 radical (unpaired) electrons. The van der Waals surface area contributed by atoms with E-state index in [0.29, 0.717) is 0 Å². The molecule has 0 heterocycles. The Labute approximate surface area is 93.6 Å². The molecule has 0 fully saturated rings. The van der Waals surface area contributed by atoms with E-state index in [-0.39, 0.29) is 16.7 Å². The van der Waals surface area contributed by atoms with Crippen LogP contribution >= 0.6 is 0 Å². The van der Waals surface area contributed by atoms with Crippen molar-refractivity contribution in [2.24, 2.45) is 5.18 Å². The minimum absolute atomic E-state index is 0.0485. The number of hydrogen-bond acceptors (Lipinski definition) is 5. The Bertz CT molecular complexity index is 470. The third kappa shape index (κ3) is 3.37. The molecule has 7 heteroatoms. The van der Waals surface area contributed by atoms with Crippen LogP contribution in [0.1, 0.15) is 13.8 Å². The molecule has 0 aliphatic rings. The van der Waals surface area contributed by atoms with Crippen molar-refractivity contribution < 1.29 is 13.3 Å². The van der Waals surface area contributed by atoms with Gasteiger partial charge in [0, 0.05) is 0 Å². The second-order valence-corrected chi connectivity index (χ2v) is 4.99. The van der Waals surface area contributed by atoms with Crippen molar-refractivity contribution in [2.75, 3.05) is 0 Å². The van der Waals surface area contributed by atoms with E-state index in [4.69, 9.17) is 4.84 Å². The van der Waals surface area contributed by atoms with Crippen LogP contribution < -0.4 is 4.89 Å². The molecular weight excluding hydrogens is 232 g/mol. The van der Waals surface area contributed by atoms with E-state index in [1.807, 2.05) is 4.89 Å². The van der Waals surface area contributed by atoms with Crippen molar-refractivity contribution in [3.05, 3.63) is 29.2 Å². The predicted molar refractivity (Wildman–Crippen MR) is 58.4 cm³/mol. The Morgan fingerprint density at radius 2 is 2.06 bits per heavy atom. The zero-order valence-corrected chi connectivity index (χ0v) is 9.69. The van der Waals surface area contributed by atoms with E-state index < -0.39 is 10.0 Å². The van der Waals surface area contributed by atoms with Crippen LogP contribution in [0.15, 0.2) is 34.3 Å². The molecule has 1 aromatic rings. The second-order valence-electron chi connectivity index (χ2n) is 3.34. The fraction of sp³-hybridized carbons (Fsp3) is 0.333. The molecule has 0 amide bonds. The van der Waals surface area contributed by atoms with Gasteiger partial charge in [-0.3, -0.25) is 4.84 Å². The summed E-state index contributed by atoms with van der Waals surface area (Å²) in [5, 5.41) is 2.66. The molecule has 0 aliphatic heterocycles. The summed E-state index contributed by atoms with van der Waals surface area (Å²) in [6.45, 7) is 3.37. The van der Waals surface area contributed by atoms with E-state index in [0.717, 1.165) is 0 Å². The average molecular weight is 244 g/mol. The van der Waals surface area contributed by atoms with Gasteiger partial charge in [0.05, 0.1) is 11.0 Å². The Morgan fingerprint density at radius 1 is 1.38 bits per heavy atom. The van der Waals surface area contributed by atoms with E-state index in [2.05, 4.69) is 5.18 Å². The summed E-state index contributed by atoms with van der Waals surface area (Å²) in [6.07, 6.45) is -0.276. The fourth-order valence-electron chi connectivity index (χ4n) is 0.915. The highest BCUT2D eigenvalue weighted by Crippen LogP contribution is 2.17. The van der Waals surface area contributed by atoms with Crippen LogP contribution in [-0.2, 0) is 14.9 Å². The smallest absolute Gasteiger partial charge is 0.262 e. The van der Waals surface area contributed by atoms with E-state index in [1.165, 1.54) is 24.3 Å². The molecule has 1 N–H and O–H groups in total. The maximum Gasteiger partial charge on any atom is 0.262 e. The summed E-state index contributed by atoms with van der Waals surface area (Å²) in [7, 11) is -3.76. The monoisotopic (exact) mass is 244 g/mol. The van der Waals surface area contributed by atoms with Crippen LogP contribution in [-0.4, -0.2) is 14.5 Å². The lowest BCUT2D eigenvalue weighted by atomic mass is 10.3. The number of rotatable bonds is 5. The molecule has 1 rings (SSSR count). The van der Waals surface area contributed by atoms with E-state index >= 15 is 0 Å². The summed E-state index contributed by atoms with van der Waals surface area (Å²) in [4.78, 5) is 16.9. The molecule has 0 bridgehead atoms. The molecule has 6 nitrogen and oxygen atoms in total. The van der Waals surface area contributed by atoms with Crippen molar-refractivity contribution in [3.8, 4) is 0 Å². The van der Waals surface area contributed by atoms with Crippen LogP contribution in [0.3, 0.4) is 0 Å². The van der Waals surface area contributed by atoms with Crippen LogP contribution in [0.25, 0.3) is 0 Å². The molecular formula is C9H12N2O4S. The van der Waals surface area contributed by atoms with Gasteiger partial charge >= 0.3 is 0 Å². The Kier molecular flexibility index (Phi) is 4.11. The second kappa shape index (κ2) is 5.15. The highest BCUT2D eigenvalue weighted by Gasteiger charge is 2.15. The molecule has 0 saturated heterocycles. The van der Waals surface area contributed by atoms with Gasteiger partial charge in [0.25, 0.3) is 10.0 Å². The summed E-state index contributed by atoms with van der Waals surface area (Å²) in [6, 6.07) is 5.36. The minimum atomic E-state index is -3.76. The van der Waals surface area contributed by atoms with Crippen molar-refractivity contribution in [2.45, 2.75) is 24.8 Å². The largest absolute Gasteiger partial charge is 0.284 e. The van der Waals surface area contributed by atoms with Gasteiger partial charge in [0.2, 0.25) is 0 Å². The van der Waals surface area contributed by atoms with Gasteiger partial charge in [-0.1, -0.05) is 11.0 Å². The lowest BCUT2D eigenvalue weighted by Gasteiger charge is -2.09. The first-order chi connectivity index (χ1) is 7.45. The van der Waals surface area contributed by atoms with Crippen molar-refractivity contribution >= 4 is 15.7 Å². The third-order valence-electron chi connectivity index (χ3n) is 1.63. The summed E-state index contributed by atoms with van der Waals surface area (Å²) >= 11 is 0. The van der Waals surface area contributed by atoms with Crippen LogP contribution in [0.5, 0.6) is 0 Å². The third-order valence-corrected chi connectivity index (χ3v) is 2.82. The zero-order valence-electron chi connectivity index (χ0n) is 8.88. The first-order valence-electron chi connectivity index (χ1n) is 4.56. The molecule has 0 saturated carbocycles. The van der Waals surface area contributed by atoms with Gasteiger partial charge in [0.1, 0.15) is 5.69 Å². The van der Waals surface area contributed by atoms with Gasteiger partial charge in [-0.25, -0.2) is 8.42 Å². The summed E-state index contributed by atoms with van der Waals surface area (Å²) in [5.41, 5.74) is 0.0485. The van der Waals surface area contributed by atoms with Crippen LogP contribution in [0, 0.1) is 4.91 Å². The molecule has 0 aromatic heterocycles. The molecule has 16 heavy (non-hydrogen) atoms. The van der Waals surface area contributed by atoms with Crippen LogP contribution in [0.2, 0.25) is 0 Å². The topological polar surface area (TPSA) is 84.8 Å². The molecule has 0 unspecified atom stereocenters. The van der Waals surface area contributed by atoms with Gasteiger partial charge < -0.3 is 0 Å². The molecule has 1 aromatic carbocycles. The lowest BCUT2D eigenvalue weighted by molar-refractivity contribution is 0.0409. The standard InChI is InChI=1S/C9H12N2O4S/c1-7(2)15-11-16(13,14)9-5-3-4-8(6-9)10-12/h3-7,11H,1-2H3. The normalized spacial score (nSPS) is 11.7. The van der Waals surface area contributed by atoms with Gasteiger partial charge in [-0.2, -0.15) is 0 Å². The Hall–Kier alpha value is -1.31. The summed E-state index contributed by atoms with van der Waals surface area (Å²) < 4.78 is 23.2. The fourth-order valence-corrected chi connectivity index (χ4v) is 1.86. The first-order valence-corrected chi connectivity index (χ1v) is 6.05. The number of nitroso groups, excluding NO2 is 1. The quantitative estimate of drug-likeness (QED) is 0.631. The zero-order chi connectivity index (χ0) is 12.2. The Morgan fingerprint density at radius 3 is 2.62 bits per heavy atom. The molecule has 88 valence electrons. The minimum Gasteiger partial charge on any atom is -0.284 e. The number of hydrogen-bond donors (Lipinski definition) is 1. The number of nitrogens with one attached hydrogen (secondary N) is 1. The van der Waals surface area contributed by atoms with Crippen molar-refractivity contribution in [3.63, 3.8) is 0 Å². The molecule has 0 aliphatic carbocycles. The number of benzene rings is 1. The van der Waals surface area contributed by atoms with E-state index in [9.17, 15) is 13.3 Å². The Balaban J connectivity index is 2.93. The van der Waals surface area contributed by atoms with Crippen molar-refractivity contribution in [1.29, 1.82) is 0 Å². The van der Waals surface area contributed by atoms with Gasteiger partial charge in [0.15, 0.2) is 0 Å². The first kappa shape index (κ1) is 12.8. The number of nitrogens with zero attached hydrogens (tertiary/aromatic N) is 1. The van der Waals surface area contributed by atoms with Gasteiger partial charge in [-0.05, 0) is 37.2 Å². The SMILES string of the molecule is CC(C)ONS(=O)(=O)c1cccc(N=O)c1. The van der Waals surface area contributed by atoms with Crippen LogP contribution in [0.4, 0.5) is 5.69 Å². The maximum atomic E-state index is 11.6. The van der Waals surface area contributed by atoms with E-state index in [1.54, 1.807) is 13.8 Å². The lowest BCUT2D eigenvalue weighted by Crippen LogP contribution is -2.27. The summed E-state index contributed by atoms with van der Waals surface area (Å²) in [5.74, 6) is 0. The van der Waals surface area contributed by atoms with Crippen molar-refractivity contribution in [1.82, 2.24) is 4.89 Å². The molecule has 0 atom stereocenters. The highest BCUT2D eigenvalue weighted by molar-refractivity contribution is 7.89. The average Bonchev–Trinajstić information content (AvgIpc) is 2.27.